The van der Waals surface area contributed by atoms with Crippen LogP contribution in [-0.2, 0) is 24.1 Å². The first-order chi connectivity index (χ1) is 13.9. The summed E-state index contributed by atoms with van der Waals surface area (Å²) in [7, 11) is 0. The van der Waals surface area contributed by atoms with E-state index in [1.54, 1.807) is 0 Å². The van der Waals surface area contributed by atoms with E-state index in [0.717, 1.165) is 43.8 Å². The molecule has 4 nitrogen and oxygen atoms in total. The van der Waals surface area contributed by atoms with Crippen LogP contribution in [0.3, 0.4) is 0 Å². The highest BCUT2D eigenvalue weighted by atomic mass is 16.5. The van der Waals surface area contributed by atoms with Gasteiger partial charge in [-0.25, -0.2) is 0 Å². The van der Waals surface area contributed by atoms with E-state index in [0.29, 0.717) is 18.2 Å². The van der Waals surface area contributed by atoms with Crippen LogP contribution in [0.5, 0.6) is 0 Å². The Balaban J connectivity index is 1.54. The fourth-order valence-corrected chi connectivity index (χ4v) is 4.50. The SMILES string of the molecule is Cc1noc(C)c1CC(C)(C)Cc1ccc(CCN2CC(C(C)(C)C)CC2=O)cc1. The Bertz CT molecular complexity index is 852. The van der Waals surface area contributed by atoms with E-state index in [4.69, 9.17) is 4.52 Å². The fourth-order valence-electron chi connectivity index (χ4n) is 4.50. The molecule has 1 aliphatic heterocycles. The largest absolute Gasteiger partial charge is 0.361 e. The minimum absolute atomic E-state index is 0.131. The second kappa shape index (κ2) is 8.56. The van der Waals surface area contributed by atoms with Crippen LogP contribution in [0.4, 0.5) is 0 Å². The molecule has 1 aromatic carbocycles. The molecule has 3 rings (SSSR count). The number of hydrogen-bond donors (Lipinski definition) is 0. The first-order valence-electron chi connectivity index (χ1n) is 11.2. The van der Waals surface area contributed by atoms with E-state index in [1.165, 1.54) is 16.7 Å². The van der Waals surface area contributed by atoms with Gasteiger partial charge in [0.15, 0.2) is 0 Å². The summed E-state index contributed by atoms with van der Waals surface area (Å²) in [6, 6.07) is 8.94. The smallest absolute Gasteiger partial charge is 0.222 e. The number of likely N-dealkylation sites (tertiary alicyclic amines) is 1. The first-order valence-corrected chi connectivity index (χ1v) is 11.2. The zero-order valence-electron chi connectivity index (χ0n) is 19.8. The Hall–Kier alpha value is -2.10. The van der Waals surface area contributed by atoms with E-state index >= 15 is 0 Å². The molecule has 0 bridgehead atoms. The van der Waals surface area contributed by atoms with Crippen LogP contribution >= 0.6 is 0 Å². The van der Waals surface area contributed by atoms with E-state index in [2.05, 4.69) is 68.9 Å². The van der Waals surface area contributed by atoms with Gasteiger partial charge in [0.2, 0.25) is 5.91 Å². The molecule has 1 amide bonds. The normalized spacial score (nSPS) is 17.8. The Labute approximate surface area is 182 Å². The van der Waals surface area contributed by atoms with Gasteiger partial charge in [-0.15, -0.1) is 0 Å². The molecule has 1 atom stereocenters. The van der Waals surface area contributed by atoms with Gasteiger partial charge in [0.1, 0.15) is 5.76 Å². The predicted octanol–water partition coefficient (Wildman–Crippen LogP) is 5.54. The molecule has 1 saturated heterocycles. The van der Waals surface area contributed by atoms with E-state index in [9.17, 15) is 4.79 Å². The van der Waals surface area contributed by atoms with Crippen LogP contribution in [-0.4, -0.2) is 29.1 Å². The molecule has 1 fully saturated rings. The Morgan fingerprint density at radius 1 is 1.03 bits per heavy atom. The molecule has 164 valence electrons. The average molecular weight is 411 g/mol. The molecule has 0 aliphatic carbocycles. The summed E-state index contributed by atoms with van der Waals surface area (Å²) < 4.78 is 5.33. The lowest BCUT2D eigenvalue weighted by Crippen LogP contribution is -2.29. The van der Waals surface area contributed by atoms with Gasteiger partial charge in [-0.2, -0.15) is 0 Å². The Kier molecular flexibility index (Phi) is 6.45. The van der Waals surface area contributed by atoms with Crippen LogP contribution in [0.2, 0.25) is 0 Å². The highest BCUT2D eigenvalue weighted by Gasteiger charge is 2.36. The van der Waals surface area contributed by atoms with Crippen molar-refractivity contribution in [1.29, 1.82) is 0 Å². The summed E-state index contributed by atoms with van der Waals surface area (Å²) >= 11 is 0. The second-order valence-electron chi connectivity index (χ2n) is 11.0. The topological polar surface area (TPSA) is 46.3 Å². The van der Waals surface area contributed by atoms with Gasteiger partial charge < -0.3 is 9.42 Å². The number of carbonyl (C=O) groups excluding carboxylic acids is 1. The highest BCUT2D eigenvalue weighted by Crippen LogP contribution is 2.34. The van der Waals surface area contributed by atoms with Crippen molar-refractivity contribution in [1.82, 2.24) is 10.1 Å². The molecular formula is C26H38N2O2. The van der Waals surface area contributed by atoms with Crippen molar-refractivity contribution >= 4 is 5.91 Å². The standard InChI is InChI=1S/C26H38N2O2/c1-18-23(19(2)30-27-18)16-26(6,7)15-21-10-8-20(9-11-21)12-13-28-17-22(14-24(28)29)25(3,4)5/h8-11,22H,12-17H2,1-7H3. The maximum Gasteiger partial charge on any atom is 0.222 e. The Morgan fingerprint density at radius 3 is 2.20 bits per heavy atom. The quantitative estimate of drug-likeness (QED) is 0.602. The number of aryl methyl sites for hydroxylation is 2. The Morgan fingerprint density at radius 2 is 1.67 bits per heavy atom. The van der Waals surface area contributed by atoms with Crippen molar-refractivity contribution in [3.63, 3.8) is 0 Å². The lowest BCUT2D eigenvalue weighted by molar-refractivity contribution is -0.127. The molecule has 30 heavy (non-hydrogen) atoms. The van der Waals surface area contributed by atoms with Crippen molar-refractivity contribution in [2.24, 2.45) is 16.7 Å². The molecule has 1 aromatic heterocycles. The number of hydrogen-bond acceptors (Lipinski definition) is 3. The molecule has 2 heterocycles. The molecular weight excluding hydrogens is 372 g/mol. The lowest BCUT2D eigenvalue weighted by Gasteiger charge is -2.26. The van der Waals surface area contributed by atoms with Gasteiger partial charge in [0, 0.05) is 25.1 Å². The maximum atomic E-state index is 12.4. The first kappa shape index (κ1) is 22.6. The highest BCUT2D eigenvalue weighted by molar-refractivity contribution is 5.78. The molecule has 0 saturated carbocycles. The number of carbonyl (C=O) groups is 1. The third-order valence-electron chi connectivity index (χ3n) is 6.65. The van der Waals surface area contributed by atoms with Gasteiger partial charge in [0.25, 0.3) is 0 Å². The number of benzene rings is 1. The summed E-state index contributed by atoms with van der Waals surface area (Å²) in [6.45, 7) is 17.1. The average Bonchev–Trinajstić information content (AvgIpc) is 3.17. The predicted molar refractivity (Wildman–Crippen MR) is 121 cm³/mol. The van der Waals surface area contributed by atoms with Crippen LogP contribution in [0.25, 0.3) is 0 Å². The van der Waals surface area contributed by atoms with E-state index in [-0.39, 0.29) is 10.8 Å². The monoisotopic (exact) mass is 410 g/mol. The maximum absolute atomic E-state index is 12.4. The van der Waals surface area contributed by atoms with Crippen LogP contribution < -0.4 is 0 Å². The minimum atomic E-state index is 0.131. The second-order valence-corrected chi connectivity index (χ2v) is 11.0. The molecule has 4 heteroatoms. The van der Waals surface area contributed by atoms with Crippen LogP contribution in [0.15, 0.2) is 28.8 Å². The minimum Gasteiger partial charge on any atom is -0.361 e. The number of aromatic nitrogens is 1. The molecule has 2 aromatic rings. The van der Waals surface area contributed by atoms with Crippen LogP contribution in [0.1, 0.15) is 69.2 Å². The number of rotatable bonds is 7. The van der Waals surface area contributed by atoms with E-state index < -0.39 is 0 Å². The third kappa shape index (κ3) is 5.53. The number of amides is 1. The van der Waals surface area contributed by atoms with Gasteiger partial charge in [-0.05, 0) is 61.0 Å². The van der Waals surface area contributed by atoms with Gasteiger partial charge in [0.05, 0.1) is 5.69 Å². The molecule has 1 unspecified atom stereocenters. The van der Waals surface area contributed by atoms with Crippen molar-refractivity contribution in [3.8, 4) is 0 Å². The third-order valence-corrected chi connectivity index (χ3v) is 6.65. The number of nitrogens with zero attached hydrogens (tertiary/aromatic N) is 2. The summed E-state index contributed by atoms with van der Waals surface area (Å²) in [6.07, 6.45) is 3.59. The molecule has 1 aliphatic rings. The lowest BCUT2D eigenvalue weighted by atomic mass is 9.79. The molecule has 0 radical (unpaired) electrons. The summed E-state index contributed by atoms with van der Waals surface area (Å²) in [5.74, 6) is 1.71. The van der Waals surface area contributed by atoms with Gasteiger partial charge >= 0.3 is 0 Å². The van der Waals surface area contributed by atoms with Crippen LogP contribution in [0, 0.1) is 30.6 Å². The van der Waals surface area contributed by atoms with Gasteiger partial charge in [-0.3, -0.25) is 4.79 Å². The summed E-state index contributed by atoms with van der Waals surface area (Å²) in [5.41, 5.74) is 5.21. The summed E-state index contributed by atoms with van der Waals surface area (Å²) in [4.78, 5) is 14.4. The van der Waals surface area contributed by atoms with Crippen molar-refractivity contribution in [3.05, 3.63) is 52.4 Å². The fraction of sp³-hybridized carbons (Fsp3) is 0.615. The zero-order valence-corrected chi connectivity index (χ0v) is 19.8. The molecule has 0 spiro atoms. The van der Waals surface area contributed by atoms with E-state index in [1.807, 2.05) is 13.8 Å². The van der Waals surface area contributed by atoms with Crippen molar-refractivity contribution in [2.75, 3.05) is 13.1 Å². The van der Waals surface area contributed by atoms with Gasteiger partial charge in [-0.1, -0.05) is 64.0 Å². The summed E-state index contributed by atoms with van der Waals surface area (Å²) in [5, 5.41) is 4.09. The zero-order chi connectivity index (χ0) is 22.1. The molecule has 0 N–H and O–H groups in total. The van der Waals surface area contributed by atoms with Crippen molar-refractivity contribution in [2.45, 2.75) is 74.1 Å². The van der Waals surface area contributed by atoms with Crippen molar-refractivity contribution < 1.29 is 9.32 Å².